The first-order chi connectivity index (χ1) is 10.3. The number of carboxylic acid groups (broad SMARTS) is 1. The van der Waals surface area contributed by atoms with Gasteiger partial charge in [-0.1, -0.05) is 18.2 Å². The normalized spacial score (nSPS) is 11.2. The van der Waals surface area contributed by atoms with E-state index in [2.05, 4.69) is 0 Å². The van der Waals surface area contributed by atoms with Crippen molar-refractivity contribution in [2.75, 3.05) is 13.4 Å². The van der Waals surface area contributed by atoms with Crippen molar-refractivity contribution in [2.24, 2.45) is 0 Å². The molecule has 0 aromatic heterocycles. The molecular formula is C16H16O5S. The Morgan fingerprint density at radius 1 is 1.18 bits per heavy atom. The van der Waals surface area contributed by atoms with Gasteiger partial charge in [-0.15, -0.1) is 0 Å². The number of methoxy groups -OCH3 is 1. The Balaban J connectivity index is 2.59. The van der Waals surface area contributed by atoms with E-state index in [1.54, 1.807) is 36.4 Å². The van der Waals surface area contributed by atoms with Crippen molar-refractivity contribution in [1.29, 1.82) is 0 Å². The number of benzene rings is 2. The smallest absolute Gasteiger partial charge is 0.307 e. The third kappa shape index (κ3) is 3.65. The number of hydrogen-bond acceptors (Lipinski definition) is 4. The van der Waals surface area contributed by atoms with Crippen LogP contribution in [0.15, 0.2) is 47.4 Å². The second kappa shape index (κ2) is 6.19. The summed E-state index contributed by atoms with van der Waals surface area (Å²) in [6, 6.07) is 11.5. The molecule has 0 saturated carbocycles. The van der Waals surface area contributed by atoms with Crippen molar-refractivity contribution >= 4 is 15.8 Å². The summed E-state index contributed by atoms with van der Waals surface area (Å²) in [5, 5.41) is 9.05. The second-order valence-electron chi connectivity index (χ2n) is 4.89. The van der Waals surface area contributed by atoms with Crippen LogP contribution in [0.3, 0.4) is 0 Å². The maximum absolute atomic E-state index is 11.7. The highest BCUT2D eigenvalue weighted by Gasteiger charge is 2.13. The number of sulfone groups is 1. The van der Waals surface area contributed by atoms with Gasteiger partial charge in [-0.3, -0.25) is 4.79 Å². The molecule has 5 nitrogen and oxygen atoms in total. The SMILES string of the molecule is COc1ccc(-c2cccc(S(C)(=O)=O)c2)c(CC(=O)O)c1. The van der Waals surface area contributed by atoms with Gasteiger partial charge in [0.05, 0.1) is 18.4 Å². The van der Waals surface area contributed by atoms with E-state index in [1.807, 2.05) is 0 Å². The van der Waals surface area contributed by atoms with Crippen LogP contribution in [0.25, 0.3) is 11.1 Å². The Bertz CT molecular complexity index is 809. The standard InChI is InChI=1S/C16H16O5S/c1-21-13-6-7-15(12(8-13)10-16(17)18)11-4-3-5-14(9-11)22(2,19)20/h3-9H,10H2,1-2H3,(H,17,18). The molecule has 0 spiro atoms. The molecule has 2 aromatic rings. The lowest BCUT2D eigenvalue weighted by atomic mass is 9.97. The van der Waals surface area contributed by atoms with E-state index in [9.17, 15) is 13.2 Å². The Kier molecular flexibility index (Phi) is 4.51. The van der Waals surface area contributed by atoms with E-state index in [-0.39, 0.29) is 11.3 Å². The van der Waals surface area contributed by atoms with Crippen molar-refractivity contribution in [2.45, 2.75) is 11.3 Å². The average Bonchev–Trinajstić information content (AvgIpc) is 2.45. The number of hydrogen-bond donors (Lipinski definition) is 1. The number of aliphatic carboxylic acids is 1. The molecule has 2 rings (SSSR count). The zero-order valence-corrected chi connectivity index (χ0v) is 13.1. The second-order valence-corrected chi connectivity index (χ2v) is 6.91. The van der Waals surface area contributed by atoms with E-state index < -0.39 is 15.8 Å². The molecule has 0 radical (unpaired) electrons. The zero-order chi connectivity index (χ0) is 16.3. The topological polar surface area (TPSA) is 80.7 Å². The molecule has 0 atom stereocenters. The lowest BCUT2D eigenvalue weighted by molar-refractivity contribution is -0.136. The molecule has 0 aliphatic heterocycles. The lowest BCUT2D eigenvalue weighted by Gasteiger charge is -2.11. The molecule has 6 heteroatoms. The lowest BCUT2D eigenvalue weighted by Crippen LogP contribution is -2.03. The predicted octanol–water partition coefficient (Wildman–Crippen LogP) is 2.39. The summed E-state index contributed by atoms with van der Waals surface area (Å²) in [4.78, 5) is 11.2. The van der Waals surface area contributed by atoms with Crippen LogP contribution in [-0.2, 0) is 21.1 Å². The van der Waals surface area contributed by atoms with E-state index in [1.165, 1.54) is 13.2 Å². The van der Waals surface area contributed by atoms with Crippen LogP contribution in [0.4, 0.5) is 0 Å². The quantitative estimate of drug-likeness (QED) is 0.915. The Morgan fingerprint density at radius 2 is 1.91 bits per heavy atom. The average molecular weight is 320 g/mol. The maximum atomic E-state index is 11.7. The van der Waals surface area contributed by atoms with E-state index in [0.717, 1.165) is 6.26 Å². The molecule has 0 heterocycles. The van der Waals surface area contributed by atoms with Gasteiger partial charge in [0.15, 0.2) is 9.84 Å². The third-order valence-electron chi connectivity index (χ3n) is 3.23. The van der Waals surface area contributed by atoms with Crippen molar-refractivity contribution in [3.8, 4) is 16.9 Å². The van der Waals surface area contributed by atoms with Crippen LogP contribution in [0, 0.1) is 0 Å². The highest BCUT2D eigenvalue weighted by Crippen LogP contribution is 2.29. The number of rotatable bonds is 5. The van der Waals surface area contributed by atoms with Gasteiger partial charge in [0.1, 0.15) is 5.75 Å². The Hall–Kier alpha value is -2.34. The Labute approximate surface area is 129 Å². The predicted molar refractivity (Wildman–Crippen MR) is 82.9 cm³/mol. The molecule has 1 N–H and O–H groups in total. The molecule has 0 aliphatic rings. The number of carbonyl (C=O) groups is 1. The fourth-order valence-corrected chi connectivity index (χ4v) is 2.85. The summed E-state index contributed by atoms with van der Waals surface area (Å²) in [6.07, 6.45) is 0.966. The van der Waals surface area contributed by atoms with Gasteiger partial charge in [-0.05, 0) is 41.0 Å². The molecule has 22 heavy (non-hydrogen) atoms. The fraction of sp³-hybridized carbons (Fsp3) is 0.188. The minimum absolute atomic E-state index is 0.171. The van der Waals surface area contributed by atoms with Crippen LogP contribution in [0.1, 0.15) is 5.56 Å². The molecular weight excluding hydrogens is 304 g/mol. The van der Waals surface area contributed by atoms with Crippen molar-refractivity contribution < 1.29 is 23.1 Å². The highest BCUT2D eigenvalue weighted by molar-refractivity contribution is 7.90. The van der Waals surface area contributed by atoms with Crippen molar-refractivity contribution in [1.82, 2.24) is 0 Å². The van der Waals surface area contributed by atoms with Gasteiger partial charge in [0.25, 0.3) is 0 Å². The Morgan fingerprint density at radius 3 is 2.50 bits per heavy atom. The number of ether oxygens (including phenoxy) is 1. The van der Waals surface area contributed by atoms with Crippen LogP contribution in [-0.4, -0.2) is 32.9 Å². The summed E-state index contributed by atoms with van der Waals surface area (Å²) in [7, 11) is -1.82. The minimum Gasteiger partial charge on any atom is -0.497 e. The molecule has 0 saturated heterocycles. The van der Waals surface area contributed by atoms with Crippen LogP contribution in [0.2, 0.25) is 0 Å². The summed E-state index contributed by atoms with van der Waals surface area (Å²) in [6.45, 7) is 0. The number of carboxylic acids is 1. The van der Waals surface area contributed by atoms with Crippen LogP contribution in [0.5, 0.6) is 5.75 Å². The highest BCUT2D eigenvalue weighted by atomic mass is 32.2. The van der Waals surface area contributed by atoms with Gasteiger partial charge >= 0.3 is 5.97 Å². The van der Waals surface area contributed by atoms with Gasteiger partial charge in [0, 0.05) is 6.26 Å². The first kappa shape index (κ1) is 16.0. The monoisotopic (exact) mass is 320 g/mol. The van der Waals surface area contributed by atoms with E-state index >= 15 is 0 Å². The summed E-state index contributed by atoms with van der Waals surface area (Å²) in [5.41, 5.74) is 1.90. The summed E-state index contributed by atoms with van der Waals surface area (Å²) < 4.78 is 28.4. The van der Waals surface area contributed by atoms with Gasteiger partial charge < -0.3 is 9.84 Å². The van der Waals surface area contributed by atoms with Crippen LogP contribution < -0.4 is 4.74 Å². The molecule has 0 amide bonds. The van der Waals surface area contributed by atoms with Gasteiger partial charge in [0.2, 0.25) is 0 Å². The van der Waals surface area contributed by atoms with Gasteiger partial charge in [-0.2, -0.15) is 0 Å². The van der Waals surface area contributed by atoms with E-state index in [4.69, 9.17) is 9.84 Å². The van der Waals surface area contributed by atoms with E-state index in [0.29, 0.717) is 22.4 Å². The van der Waals surface area contributed by atoms with Crippen LogP contribution >= 0.6 is 0 Å². The minimum atomic E-state index is -3.32. The molecule has 2 aromatic carbocycles. The molecule has 0 unspecified atom stereocenters. The third-order valence-corrected chi connectivity index (χ3v) is 4.34. The fourth-order valence-electron chi connectivity index (χ4n) is 2.18. The molecule has 0 bridgehead atoms. The summed E-state index contributed by atoms with van der Waals surface area (Å²) in [5.74, 6) is -0.409. The molecule has 0 aliphatic carbocycles. The van der Waals surface area contributed by atoms with Crippen molar-refractivity contribution in [3.63, 3.8) is 0 Å². The van der Waals surface area contributed by atoms with Gasteiger partial charge in [-0.25, -0.2) is 8.42 Å². The maximum Gasteiger partial charge on any atom is 0.307 e. The molecule has 0 fully saturated rings. The van der Waals surface area contributed by atoms with Crippen molar-refractivity contribution in [3.05, 3.63) is 48.0 Å². The first-order valence-electron chi connectivity index (χ1n) is 6.50. The first-order valence-corrected chi connectivity index (χ1v) is 8.39. The zero-order valence-electron chi connectivity index (χ0n) is 12.2. The largest absolute Gasteiger partial charge is 0.497 e. The molecule has 116 valence electrons. The summed E-state index contributed by atoms with van der Waals surface area (Å²) >= 11 is 0.